The van der Waals surface area contributed by atoms with Crippen LogP contribution in [0.3, 0.4) is 0 Å². The Morgan fingerprint density at radius 3 is 1.92 bits per heavy atom. The number of hydrogen-bond acceptors (Lipinski definition) is 4. The van der Waals surface area contributed by atoms with E-state index in [0.29, 0.717) is 5.69 Å². The molecule has 0 atom stereocenters. The van der Waals surface area contributed by atoms with Crippen molar-refractivity contribution in [3.63, 3.8) is 0 Å². The monoisotopic (exact) mass is 326 g/mol. The molecule has 0 amide bonds. The first-order chi connectivity index (χ1) is 11.8. The van der Waals surface area contributed by atoms with E-state index in [1.54, 1.807) is 24.3 Å². The van der Waals surface area contributed by atoms with Crippen LogP contribution in [0.25, 0.3) is 0 Å². The standard InChI is InChI=1S/C20H26N2O2/c1-2-3-4-5-6-7-16-24-20-14-10-18(11-15-20)22-21-17-8-12-19(23)13-9-17/h8-15,23H,2-7,16H2,1H3. The van der Waals surface area contributed by atoms with Crippen molar-refractivity contribution < 1.29 is 9.84 Å². The third-order valence-electron chi connectivity index (χ3n) is 3.73. The molecular formula is C20H26N2O2. The molecule has 2 aromatic rings. The van der Waals surface area contributed by atoms with Crippen LogP contribution >= 0.6 is 0 Å². The first kappa shape index (κ1) is 18.0. The van der Waals surface area contributed by atoms with Crippen molar-refractivity contribution in [2.75, 3.05) is 6.61 Å². The molecule has 4 heteroatoms. The third kappa shape index (κ3) is 6.82. The minimum atomic E-state index is 0.223. The Labute approximate surface area is 144 Å². The number of ether oxygens (including phenoxy) is 1. The second-order valence-electron chi connectivity index (χ2n) is 5.83. The second-order valence-corrected chi connectivity index (χ2v) is 5.83. The lowest BCUT2D eigenvalue weighted by Crippen LogP contribution is -1.96. The summed E-state index contributed by atoms with van der Waals surface area (Å²) < 4.78 is 5.74. The summed E-state index contributed by atoms with van der Waals surface area (Å²) in [5.41, 5.74) is 1.48. The van der Waals surface area contributed by atoms with Gasteiger partial charge in [0.25, 0.3) is 0 Å². The van der Waals surface area contributed by atoms with Crippen molar-refractivity contribution >= 4 is 11.4 Å². The van der Waals surface area contributed by atoms with Gasteiger partial charge in [-0.1, -0.05) is 39.0 Å². The van der Waals surface area contributed by atoms with Crippen molar-refractivity contribution in [2.24, 2.45) is 10.2 Å². The molecule has 24 heavy (non-hydrogen) atoms. The molecule has 0 aliphatic carbocycles. The van der Waals surface area contributed by atoms with Gasteiger partial charge in [0, 0.05) is 0 Å². The molecule has 2 aromatic carbocycles. The van der Waals surface area contributed by atoms with Gasteiger partial charge in [0.1, 0.15) is 11.5 Å². The average Bonchev–Trinajstić information content (AvgIpc) is 2.61. The minimum absolute atomic E-state index is 0.223. The Balaban J connectivity index is 1.71. The highest BCUT2D eigenvalue weighted by molar-refractivity contribution is 5.43. The SMILES string of the molecule is CCCCCCCCOc1ccc(N=Nc2ccc(O)cc2)cc1. The van der Waals surface area contributed by atoms with E-state index in [-0.39, 0.29) is 5.75 Å². The van der Waals surface area contributed by atoms with Crippen molar-refractivity contribution in [1.82, 2.24) is 0 Å². The van der Waals surface area contributed by atoms with E-state index in [1.165, 1.54) is 32.1 Å². The summed E-state index contributed by atoms with van der Waals surface area (Å²) in [6, 6.07) is 14.2. The van der Waals surface area contributed by atoms with E-state index in [9.17, 15) is 5.11 Å². The number of azo groups is 1. The summed E-state index contributed by atoms with van der Waals surface area (Å²) in [5.74, 6) is 1.09. The van der Waals surface area contributed by atoms with Crippen molar-refractivity contribution in [2.45, 2.75) is 45.4 Å². The van der Waals surface area contributed by atoms with Gasteiger partial charge in [-0.2, -0.15) is 10.2 Å². The number of benzene rings is 2. The van der Waals surface area contributed by atoms with E-state index in [0.717, 1.165) is 24.5 Å². The van der Waals surface area contributed by atoms with Gasteiger partial charge in [-0.3, -0.25) is 0 Å². The number of hydrogen-bond donors (Lipinski definition) is 1. The number of rotatable bonds is 10. The fourth-order valence-corrected chi connectivity index (χ4v) is 2.32. The average molecular weight is 326 g/mol. The maximum atomic E-state index is 9.23. The normalized spacial score (nSPS) is 11.0. The maximum absolute atomic E-state index is 9.23. The molecule has 0 heterocycles. The van der Waals surface area contributed by atoms with Crippen molar-refractivity contribution in [1.29, 1.82) is 0 Å². The van der Waals surface area contributed by atoms with Gasteiger partial charge in [0.2, 0.25) is 0 Å². The van der Waals surface area contributed by atoms with E-state index >= 15 is 0 Å². The number of phenolic OH excluding ortho intramolecular Hbond substituents is 1. The smallest absolute Gasteiger partial charge is 0.119 e. The molecule has 4 nitrogen and oxygen atoms in total. The highest BCUT2D eigenvalue weighted by atomic mass is 16.5. The van der Waals surface area contributed by atoms with E-state index in [1.807, 2.05) is 24.3 Å². The van der Waals surface area contributed by atoms with Crippen LogP contribution in [0, 0.1) is 0 Å². The predicted octanol–water partition coefficient (Wildman–Crippen LogP) is 6.55. The molecule has 1 N–H and O–H groups in total. The molecule has 0 saturated carbocycles. The molecule has 0 fully saturated rings. The molecular weight excluding hydrogens is 300 g/mol. The van der Waals surface area contributed by atoms with Gasteiger partial charge >= 0.3 is 0 Å². The van der Waals surface area contributed by atoms with Gasteiger partial charge in [-0.25, -0.2) is 0 Å². The highest BCUT2D eigenvalue weighted by Gasteiger charge is 1.96. The summed E-state index contributed by atoms with van der Waals surface area (Å²) >= 11 is 0. The summed E-state index contributed by atoms with van der Waals surface area (Å²) in [6.07, 6.45) is 7.59. The van der Waals surface area contributed by atoms with Crippen LogP contribution in [0.5, 0.6) is 11.5 Å². The zero-order chi connectivity index (χ0) is 17.0. The van der Waals surface area contributed by atoms with Crippen LogP contribution in [0.2, 0.25) is 0 Å². The fraction of sp³-hybridized carbons (Fsp3) is 0.400. The quantitative estimate of drug-likeness (QED) is 0.397. The molecule has 2 rings (SSSR count). The first-order valence-electron chi connectivity index (χ1n) is 8.71. The van der Waals surface area contributed by atoms with E-state index in [2.05, 4.69) is 17.2 Å². The Bertz CT molecular complexity index is 607. The van der Waals surface area contributed by atoms with Crippen LogP contribution in [0.4, 0.5) is 11.4 Å². The predicted molar refractivity (Wildman–Crippen MR) is 97.6 cm³/mol. The van der Waals surface area contributed by atoms with Gasteiger partial charge in [0.05, 0.1) is 18.0 Å². The number of unbranched alkanes of at least 4 members (excludes halogenated alkanes) is 5. The van der Waals surface area contributed by atoms with Gasteiger partial charge in [0.15, 0.2) is 0 Å². The lowest BCUT2D eigenvalue weighted by atomic mass is 10.1. The largest absolute Gasteiger partial charge is 0.508 e. The number of phenols is 1. The maximum Gasteiger partial charge on any atom is 0.119 e. The van der Waals surface area contributed by atoms with Crippen LogP contribution in [-0.4, -0.2) is 11.7 Å². The first-order valence-corrected chi connectivity index (χ1v) is 8.71. The lowest BCUT2D eigenvalue weighted by molar-refractivity contribution is 0.304. The number of aromatic hydroxyl groups is 1. The summed E-state index contributed by atoms with van der Waals surface area (Å²) in [7, 11) is 0. The zero-order valence-corrected chi connectivity index (χ0v) is 14.3. The topological polar surface area (TPSA) is 54.2 Å². The van der Waals surface area contributed by atoms with E-state index in [4.69, 9.17) is 4.74 Å². The molecule has 0 unspecified atom stereocenters. The summed E-state index contributed by atoms with van der Waals surface area (Å²) in [4.78, 5) is 0. The second kappa shape index (κ2) is 10.4. The van der Waals surface area contributed by atoms with Crippen LogP contribution in [-0.2, 0) is 0 Å². The van der Waals surface area contributed by atoms with Crippen LogP contribution < -0.4 is 4.74 Å². The highest BCUT2D eigenvalue weighted by Crippen LogP contribution is 2.22. The third-order valence-corrected chi connectivity index (χ3v) is 3.73. The van der Waals surface area contributed by atoms with Crippen LogP contribution in [0.15, 0.2) is 58.8 Å². The zero-order valence-electron chi connectivity index (χ0n) is 14.3. The minimum Gasteiger partial charge on any atom is -0.508 e. The Hall–Kier alpha value is -2.36. The summed E-state index contributed by atoms with van der Waals surface area (Å²) in [5, 5.41) is 17.5. The fourth-order valence-electron chi connectivity index (χ4n) is 2.32. The van der Waals surface area contributed by atoms with E-state index < -0.39 is 0 Å². The lowest BCUT2D eigenvalue weighted by Gasteiger charge is -2.06. The van der Waals surface area contributed by atoms with Gasteiger partial charge < -0.3 is 9.84 Å². The van der Waals surface area contributed by atoms with Gasteiger partial charge in [-0.05, 0) is 55.0 Å². The molecule has 0 spiro atoms. The Kier molecular flexibility index (Phi) is 7.81. The Morgan fingerprint density at radius 1 is 0.750 bits per heavy atom. The number of nitrogens with zero attached hydrogens (tertiary/aromatic N) is 2. The van der Waals surface area contributed by atoms with Crippen LogP contribution in [0.1, 0.15) is 45.4 Å². The molecule has 0 aliphatic rings. The molecule has 0 saturated heterocycles. The molecule has 0 bridgehead atoms. The molecule has 0 aromatic heterocycles. The molecule has 0 aliphatic heterocycles. The van der Waals surface area contributed by atoms with Gasteiger partial charge in [-0.15, -0.1) is 0 Å². The van der Waals surface area contributed by atoms with Crippen molar-refractivity contribution in [3.8, 4) is 11.5 Å². The van der Waals surface area contributed by atoms with Crippen molar-refractivity contribution in [3.05, 3.63) is 48.5 Å². The molecule has 0 radical (unpaired) electrons. The molecule has 128 valence electrons. The Morgan fingerprint density at radius 2 is 1.29 bits per heavy atom. The summed E-state index contributed by atoms with van der Waals surface area (Å²) in [6.45, 7) is 3.00.